The van der Waals surface area contributed by atoms with E-state index in [1.807, 2.05) is 11.8 Å². The lowest BCUT2D eigenvalue weighted by molar-refractivity contribution is 0.580. The van der Waals surface area contributed by atoms with Crippen LogP contribution in [0.1, 0.15) is 13.3 Å². The summed E-state index contributed by atoms with van der Waals surface area (Å²) in [7, 11) is 0. The summed E-state index contributed by atoms with van der Waals surface area (Å²) < 4.78 is 13.7. The van der Waals surface area contributed by atoms with Gasteiger partial charge in [-0.3, -0.25) is 0 Å². The Morgan fingerprint density at radius 2 is 2.50 bits per heavy atom. The zero-order chi connectivity index (χ0) is 11.5. The molecule has 0 radical (unpaired) electrons. The van der Waals surface area contributed by atoms with Crippen LogP contribution in [0.25, 0.3) is 0 Å². The zero-order valence-electron chi connectivity index (χ0n) is 9.21. The lowest BCUT2D eigenvalue weighted by atomic mass is 10.2. The predicted octanol–water partition coefficient (Wildman–Crippen LogP) is 2.06. The van der Waals surface area contributed by atoms with Crippen molar-refractivity contribution in [2.75, 3.05) is 24.5 Å². The van der Waals surface area contributed by atoms with Gasteiger partial charge >= 0.3 is 0 Å². The summed E-state index contributed by atoms with van der Waals surface area (Å²) in [6, 6.07) is 1.64. The quantitative estimate of drug-likeness (QED) is 0.881. The second-order valence-electron chi connectivity index (χ2n) is 3.89. The molecule has 3 nitrogen and oxygen atoms in total. The van der Waals surface area contributed by atoms with Gasteiger partial charge in [-0.05, 0) is 26.0 Å². The van der Waals surface area contributed by atoms with E-state index < -0.39 is 0 Å². The lowest BCUT2D eigenvalue weighted by Crippen LogP contribution is -2.37. The number of halogens is 2. The van der Waals surface area contributed by atoms with Crippen LogP contribution < -0.4 is 10.2 Å². The number of anilines is 1. The van der Waals surface area contributed by atoms with Crippen LogP contribution in [0.2, 0.25) is 5.02 Å². The molecular weight excluding hydrogens is 229 g/mol. The SMILES string of the molecule is CCN(c1ncc(Cl)cc1F)C1CCNC1. The van der Waals surface area contributed by atoms with Crippen molar-refractivity contribution in [1.29, 1.82) is 0 Å². The number of rotatable bonds is 3. The maximum absolute atomic E-state index is 13.7. The van der Waals surface area contributed by atoms with Crippen LogP contribution >= 0.6 is 11.6 Å². The van der Waals surface area contributed by atoms with E-state index in [1.54, 1.807) is 0 Å². The summed E-state index contributed by atoms with van der Waals surface area (Å²) in [4.78, 5) is 6.08. The molecule has 1 N–H and O–H groups in total. The van der Waals surface area contributed by atoms with Crippen molar-refractivity contribution in [3.8, 4) is 0 Å². The summed E-state index contributed by atoms with van der Waals surface area (Å²) >= 11 is 5.69. The molecule has 2 heterocycles. The fourth-order valence-electron chi connectivity index (χ4n) is 2.11. The van der Waals surface area contributed by atoms with Gasteiger partial charge in [0.1, 0.15) is 0 Å². The Morgan fingerprint density at radius 3 is 3.06 bits per heavy atom. The molecule has 0 amide bonds. The summed E-state index contributed by atoms with van der Waals surface area (Å²) in [5, 5.41) is 3.60. The molecule has 88 valence electrons. The Balaban J connectivity index is 2.25. The highest BCUT2D eigenvalue weighted by Crippen LogP contribution is 2.23. The average molecular weight is 244 g/mol. The molecule has 1 fully saturated rings. The van der Waals surface area contributed by atoms with Crippen LogP contribution in [0.15, 0.2) is 12.3 Å². The minimum absolute atomic E-state index is 0.327. The molecular formula is C11H15ClFN3. The summed E-state index contributed by atoms with van der Waals surface area (Å²) in [6.07, 6.45) is 2.52. The van der Waals surface area contributed by atoms with Crippen LogP contribution in [0.4, 0.5) is 10.2 Å². The van der Waals surface area contributed by atoms with E-state index in [1.165, 1.54) is 12.3 Å². The Kier molecular flexibility index (Phi) is 3.61. The van der Waals surface area contributed by atoms with Crippen LogP contribution in [0, 0.1) is 5.82 Å². The third-order valence-corrected chi connectivity index (χ3v) is 3.08. The maximum atomic E-state index is 13.7. The third kappa shape index (κ3) is 2.28. The van der Waals surface area contributed by atoms with Crippen LogP contribution in [0.5, 0.6) is 0 Å². The minimum Gasteiger partial charge on any atom is -0.350 e. The second-order valence-corrected chi connectivity index (χ2v) is 4.33. The molecule has 1 unspecified atom stereocenters. The van der Waals surface area contributed by atoms with E-state index in [2.05, 4.69) is 10.3 Å². The highest BCUT2D eigenvalue weighted by atomic mass is 35.5. The molecule has 0 bridgehead atoms. The van der Waals surface area contributed by atoms with Crippen molar-refractivity contribution in [2.45, 2.75) is 19.4 Å². The normalized spacial score (nSPS) is 20.1. The first-order valence-corrected chi connectivity index (χ1v) is 5.88. The highest BCUT2D eigenvalue weighted by molar-refractivity contribution is 6.30. The Labute approximate surface area is 99.6 Å². The van der Waals surface area contributed by atoms with E-state index in [4.69, 9.17) is 11.6 Å². The first kappa shape index (κ1) is 11.6. The van der Waals surface area contributed by atoms with Crippen LogP contribution in [-0.4, -0.2) is 30.7 Å². The van der Waals surface area contributed by atoms with E-state index in [0.29, 0.717) is 16.9 Å². The largest absolute Gasteiger partial charge is 0.350 e. The zero-order valence-corrected chi connectivity index (χ0v) is 9.97. The summed E-state index contributed by atoms with van der Waals surface area (Å²) in [5.41, 5.74) is 0. The highest BCUT2D eigenvalue weighted by Gasteiger charge is 2.24. The van der Waals surface area contributed by atoms with Gasteiger partial charge in [-0.15, -0.1) is 0 Å². The van der Waals surface area contributed by atoms with Gasteiger partial charge in [-0.2, -0.15) is 0 Å². The molecule has 0 aliphatic carbocycles. The van der Waals surface area contributed by atoms with E-state index >= 15 is 0 Å². The van der Waals surface area contributed by atoms with Gasteiger partial charge in [-0.1, -0.05) is 11.6 Å². The number of pyridine rings is 1. The second kappa shape index (κ2) is 4.97. The van der Waals surface area contributed by atoms with Crippen molar-refractivity contribution >= 4 is 17.4 Å². The van der Waals surface area contributed by atoms with E-state index in [-0.39, 0.29) is 5.82 Å². The molecule has 0 aromatic carbocycles. The molecule has 1 aromatic rings. The Hall–Kier alpha value is -0.870. The Morgan fingerprint density at radius 1 is 1.69 bits per heavy atom. The summed E-state index contributed by atoms with van der Waals surface area (Å²) in [5.74, 6) is 0.0573. The molecule has 1 aliphatic rings. The van der Waals surface area contributed by atoms with Gasteiger partial charge in [0.2, 0.25) is 0 Å². The smallest absolute Gasteiger partial charge is 0.167 e. The van der Waals surface area contributed by atoms with Crippen LogP contribution in [0.3, 0.4) is 0 Å². The first-order valence-electron chi connectivity index (χ1n) is 5.50. The van der Waals surface area contributed by atoms with E-state index in [9.17, 15) is 4.39 Å². The summed E-state index contributed by atoms with van der Waals surface area (Å²) in [6.45, 7) is 4.62. The number of hydrogen-bond donors (Lipinski definition) is 1. The van der Waals surface area contributed by atoms with Crippen LogP contribution in [-0.2, 0) is 0 Å². The number of nitrogens with one attached hydrogen (secondary N) is 1. The molecule has 16 heavy (non-hydrogen) atoms. The fourth-order valence-corrected chi connectivity index (χ4v) is 2.25. The van der Waals surface area contributed by atoms with Gasteiger partial charge < -0.3 is 10.2 Å². The van der Waals surface area contributed by atoms with Crippen molar-refractivity contribution in [3.63, 3.8) is 0 Å². The molecule has 1 saturated heterocycles. The number of likely N-dealkylation sites (N-methyl/N-ethyl adjacent to an activating group) is 1. The fraction of sp³-hybridized carbons (Fsp3) is 0.545. The maximum Gasteiger partial charge on any atom is 0.167 e. The van der Waals surface area contributed by atoms with E-state index in [0.717, 1.165) is 26.1 Å². The van der Waals surface area contributed by atoms with Gasteiger partial charge in [0, 0.05) is 25.3 Å². The third-order valence-electron chi connectivity index (χ3n) is 2.88. The number of aromatic nitrogens is 1. The lowest BCUT2D eigenvalue weighted by Gasteiger charge is -2.28. The number of hydrogen-bond acceptors (Lipinski definition) is 3. The molecule has 1 aliphatic heterocycles. The van der Waals surface area contributed by atoms with Gasteiger partial charge in [0.25, 0.3) is 0 Å². The Bertz CT molecular complexity index is 366. The first-order chi connectivity index (χ1) is 7.72. The molecule has 0 saturated carbocycles. The monoisotopic (exact) mass is 243 g/mol. The predicted molar refractivity (Wildman–Crippen MR) is 63.5 cm³/mol. The minimum atomic E-state index is -0.346. The average Bonchev–Trinajstić information content (AvgIpc) is 2.75. The van der Waals surface area contributed by atoms with Gasteiger partial charge in [0.15, 0.2) is 11.6 Å². The number of nitrogens with zero attached hydrogens (tertiary/aromatic N) is 2. The molecule has 1 aromatic heterocycles. The molecule has 5 heteroatoms. The van der Waals surface area contributed by atoms with Crippen molar-refractivity contribution in [1.82, 2.24) is 10.3 Å². The van der Waals surface area contributed by atoms with Gasteiger partial charge in [-0.25, -0.2) is 9.37 Å². The van der Waals surface area contributed by atoms with Gasteiger partial charge in [0.05, 0.1) is 5.02 Å². The molecule has 2 rings (SSSR count). The molecule has 0 spiro atoms. The molecule has 1 atom stereocenters. The van der Waals surface area contributed by atoms with Crippen molar-refractivity contribution in [3.05, 3.63) is 23.1 Å². The van der Waals surface area contributed by atoms with Crippen molar-refractivity contribution < 1.29 is 4.39 Å². The standard InChI is InChI=1S/C11H15ClFN3/c1-2-16(9-3-4-14-7-9)11-10(13)5-8(12)6-15-11/h5-6,9,14H,2-4,7H2,1H3. The topological polar surface area (TPSA) is 28.2 Å². The van der Waals surface area contributed by atoms with Crippen molar-refractivity contribution in [2.24, 2.45) is 0 Å².